The molecule has 0 aliphatic carbocycles. The van der Waals surface area contributed by atoms with Crippen LogP contribution in [0.5, 0.6) is 0 Å². The fourth-order valence-corrected chi connectivity index (χ4v) is 1.54. The molecule has 0 amide bonds. The number of aliphatic carboxylic acids is 1. The number of aliphatic hydroxyl groups is 1. The Kier molecular flexibility index (Phi) is 3.01. The van der Waals surface area contributed by atoms with E-state index in [-0.39, 0.29) is 6.61 Å². The Morgan fingerprint density at radius 2 is 2.42 bits per heavy atom. The zero-order chi connectivity index (χ0) is 8.97. The van der Waals surface area contributed by atoms with E-state index in [9.17, 15) is 4.79 Å². The first-order valence-corrected chi connectivity index (χ1v) is 4.20. The van der Waals surface area contributed by atoms with Crippen molar-refractivity contribution in [2.24, 2.45) is 0 Å². The first-order chi connectivity index (χ1) is 5.74. The summed E-state index contributed by atoms with van der Waals surface area (Å²) in [6.07, 6.45) is 1.02. The van der Waals surface area contributed by atoms with Gasteiger partial charge in [-0.3, -0.25) is 0 Å². The van der Waals surface area contributed by atoms with Gasteiger partial charge in [0.15, 0.2) is 0 Å². The van der Waals surface area contributed by atoms with Crippen molar-refractivity contribution >= 4 is 22.9 Å². The largest absolute Gasteiger partial charge is 0.478 e. The van der Waals surface area contributed by atoms with Crippen LogP contribution in [-0.4, -0.2) is 22.8 Å². The van der Waals surface area contributed by atoms with Crippen molar-refractivity contribution in [2.75, 3.05) is 6.61 Å². The van der Waals surface area contributed by atoms with E-state index in [1.165, 1.54) is 11.3 Å². The average Bonchev–Trinajstić information content (AvgIpc) is 2.51. The third-order valence-electron chi connectivity index (χ3n) is 1.31. The van der Waals surface area contributed by atoms with Crippen molar-refractivity contribution in [1.29, 1.82) is 0 Å². The molecule has 1 rings (SSSR count). The molecular weight excluding hydrogens is 176 g/mol. The second-order valence-electron chi connectivity index (χ2n) is 2.14. The predicted molar refractivity (Wildman–Crippen MR) is 47.0 cm³/mol. The quantitative estimate of drug-likeness (QED) is 0.694. The molecule has 1 aromatic rings. The molecule has 0 unspecified atom stereocenters. The van der Waals surface area contributed by atoms with E-state index < -0.39 is 5.97 Å². The molecule has 1 heterocycles. The Morgan fingerprint density at radius 3 is 2.83 bits per heavy atom. The number of aliphatic hydroxyl groups excluding tert-OH is 1. The molecule has 0 aliphatic heterocycles. The summed E-state index contributed by atoms with van der Waals surface area (Å²) in [7, 11) is 0. The second-order valence-corrected chi connectivity index (χ2v) is 3.09. The molecule has 64 valence electrons. The molecule has 0 spiro atoms. The molecule has 0 aliphatic rings. The molecule has 4 heteroatoms. The van der Waals surface area contributed by atoms with Crippen molar-refractivity contribution in [3.63, 3.8) is 0 Å². The first-order valence-electron chi connectivity index (χ1n) is 3.32. The van der Waals surface area contributed by atoms with E-state index in [1.54, 1.807) is 6.07 Å². The lowest BCUT2D eigenvalue weighted by atomic mass is 10.2. The summed E-state index contributed by atoms with van der Waals surface area (Å²) in [5, 5.41) is 19.1. The van der Waals surface area contributed by atoms with Crippen LogP contribution in [0.15, 0.2) is 23.6 Å². The lowest BCUT2D eigenvalue weighted by Crippen LogP contribution is -1.94. The summed E-state index contributed by atoms with van der Waals surface area (Å²) < 4.78 is 0. The maximum Gasteiger partial charge on any atom is 0.328 e. The molecule has 0 aromatic carbocycles. The number of rotatable bonds is 3. The minimum Gasteiger partial charge on any atom is -0.478 e. The number of thiophene rings is 1. The highest BCUT2D eigenvalue weighted by Gasteiger charge is 2.02. The van der Waals surface area contributed by atoms with Crippen molar-refractivity contribution in [2.45, 2.75) is 0 Å². The molecule has 12 heavy (non-hydrogen) atoms. The van der Waals surface area contributed by atoms with Crippen LogP contribution >= 0.6 is 11.3 Å². The molecular formula is C8H8O3S. The van der Waals surface area contributed by atoms with Gasteiger partial charge >= 0.3 is 5.97 Å². The van der Waals surface area contributed by atoms with Gasteiger partial charge in [0.05, 0.1) is 6.61 Å². The molecule has 0 fully saturated rings. The van der Waals surface area contributed by atoms with Gasteiger partial charge in [-0.25, -0.2) is 4.79 Å². The maximum atomic E-state index is 10.3. The van der Waals surface area contributed by atoms with E-state index in [0.29, 0.717) is 5.57 Å². The monoisotopic (exact) mass is 184 g/mol. The molecule has 2 N–H and O–H groups in total. The van der Waals surface area contributed by atoms with Crippen molar-refractivity contribution in [3.8, 4) is 0 Å². The fourth-order valence-electron chi connectivity index (χ4n) is 0.805. The zero-order valence-corrected chi connectivity index (χ0v) is 7.04. The third kappa shape index (κ3) is 2.18. The molecule has 0 radical (unpaired) electrons. The summed E-state index contributed by atoms with van der Waals surface area (Å²) in [5.41, 5.74) is 0.442. The summed E-state index contributed by atoms with van der Waals surface area (Å²) in [6, 6.07) is 3.58. The first kappa shape index (κ1) is 8.96. The topological polar surface area (TPSA) is 57.5 Å². The maximum absolute atomic E-state index is 10.3. The van der Waals surface area contributed by atoms with Gasteiger partial charge in [-0.05, 0) is 11.4 Å². The average molecular weight is 184 g/mol. The van der Waals surface area contributed by atoms with Crippen LogP contribution in [0.2, 0.25) is 0 Å². The smallest absolute Gasteiger partial charge is 0.328 e. The van der Waals surface area contributed by atoms with Crippen LogP contribution in [0, 0.1) is 0 Å². The Labute approximate surface area is 73.6 Å². The van der Waals surface area contributed by atoms with Gasteiger partial charge in [0, 0.05) is 16.5 Å². The lowest BCUT2D eigenvalue weighted by Gasteiger charge is -1.96. The summed E-state index contributed by atoms with van der Waals surface area (Å²) >= 11 is 1.41. The van der Waals surface area contributed by atoms with Crippen molar-refractivity contribution < 1.29 is 15.0 Å². The minimum atomic E-state index is -1.03. The summed E-state index contributed by atoms with van der Waals surface area (Å²) in [4.78, 5) is 11.1. The van der Waals surface area contributed by atoms with Crippen LogP contribution < -0.4 is 0 Å². The highest BCUT2D eigenvalue weighted by molar-refractivity contribution is 7.11. The van der Waals surface area contributed by atoms with Crippen LogP contribution in [-0.2, 0) is 4.79 Å². The van der Waals surface area contributed by atoms with Gasteiger partial charge in [-0.1, -0.05) is 6.07 Å². The highest BCUT2D eigenvalue weighted by Crippen LogP contribution is 2.18. The van der Waals surface area contributed by atoms with Gasteiger partial charge < -0.3 is 10.2 Å². The standard InChI is InChI=1S/C8H8O3S/c9-5-6(4-8(10)11)7-2-1-3-12-7/h1-4,9H,5H2,(H,10,11)/b6-4+. The van der Waals surface area contributed by atoms with Gasteiger partial charge in [-0.2, -0.15) is 0 Å². The van der Waals surface area contributed by atoms with Gasteiger partial charge in [-0.15, -0.1) is 11.3 Å². The number of carbonyl (C=O) groups is 1. The number of carboxylic acid groups (broad SMARTS) is 1. The van der Waals surface area contributed by atoms with Crippen LogP contribution in [0.1, 0.15) is 4.88 Å². The Morgan fingerprint density at radius 1 is 1.67 bits per heavy atom. The summed E-state index contributed by atoms with van der Waals surface area (Å²) in [6.45, 7) is -0.243. The number of carboxylic acids is 1. The van der Waals surface area contributed by atoms with Crippen LogP contribution in [0.25, 0.3) is 5.57 Å². The SMILES string of the molecule is O=C(O)/C=C(\CO)c1cccs1. The molecule has 1 aromatic heterocycles. The van der Waals surface area contributed by atoms with Gasteiger partial charge in [0.1, 0.15) is 0 Å². The number of hydrogen-bond acceptors (Lipinski definition) is 3. The zero-order valence-electron chi connectivity index (χ0n) is 6.23. The van der Waals surface area contributed by atoms with Crippen LogP contribution in [0.4, 0.5) is 0 Å². The van der Waals surface area contributed by atoms with E-state index in [2.05, 4.69) is 0 Å². The Balaban J connectivity index is 2.91. The van der Waals surface area contributed by atoms with E-state index in [1.807, 2.05) is 11.4 Å². The van der Waals surface area contributed by atoms with Crippen molar-refractivity contribution in [1.82, 2.24) is 0 Å². The van der Waals surface area contributed by atoms with Crippen LogP contribution in [0.3, 0.4) is 0 Å². The highest BCUT2D eigenvalue weighted by atomic mass is 32.1. The van der Waals surface area contributed by atoms with E-state index in [0.717, 1.165) is 11.0 Å². The molecule has 0 bridgehead atoms. The second kappa shape index (κ2) is 4.04. The van der Waals surface area contributed by atoms with E-state index >= 15 is 0 Å². The van der Waals surface area contributed by atoms with E-state index in [4.69, 9.17) is 10.2 Å². The Hall–Kier alpha value is -1.13. The number of hydrogen-bond donors (Lipinski definition) is 2. The third-order valence-corrected chi connectivity index (χ3v) is 2.25. The lowest BCUT2D eigenvalue weighted by molar-refractivity contribution is -0.131. The molecule has 0 saturated heterocycles. The van der Waals surface area contributed by atoms with Crippen molar-refractivity contribution in [3.05, 3.63) is 28.5 Å². The molecule has 0 atom stereocenters. The Bertz CT molecular complexity index is 287. The normalized spacial score (nSPS) is 11.6. The summed E-state index contributed by atoms with van der Waals surface area (Å²) in [5.74, 6) is -1.03. The van der Waals surface area contributed by atoms with Gasteiger partial charge in [0.25, 0.3) is 0 Å². The molecule has 0 saturated carbocycles. The fraction of sp³-hybridized carbons (Fsp3) is 0.125. The van der Waals surface area contributed by atoms with Gasteiger partial charge in [0.2, 0.25) is 0 Å². The molecule has 3 nitrogen and oxygen atoms in total. The predicted octanol–water partition coefficient (Wildman–Crippen LogP) is 1.21. The minimum absolute atomic E-state index is 0.243.